The van der Waals surface area contributed by atoms with Crippen molar-refractivity contribution in [2.75, 3.05) is 0 Å². The van der Waals surface area contributed by atoms with Gasteiger partial charge in [-0.05, 0) is 49.6 Å². The Morgan fingerprint density at radius 1 is 1.03 bits per heavy atom. The normalized spacial score (nSPS) is 24.7. The summed E-state index contributed by atoms with van der Waals surface area (Å²) in [6.07, 6.45) is 15.4. The van der Waals surface area contributed by atoms with E-state index in [1.54, 1.807) is 12.2 Å². The Labute approximate surface area is 210 Å². The molecule has 0 aromatic rings. The third-order valence-corrected chi connectivity index (χ3v) is 7.24. The Hall–Kier alpha value is -4.10. The van der Waals surface area contributed by atoms with E-state index in [9.17, 15) is 29.7 Å². The summed E-state index contributed by atoms with van der Waals surface area (Å²) in [6, 6.07) is 2.72. The predicted molar refractivity (Wildman–Crippen MR) is 135 cm³/mol. The molecule has 4 aliphatic carbocycles. The number of carboxylic acids is 2. The van der Waals surface area contributed by atoms with Crippen LogP contribution in [0, 0.1) is 5.41 Å². The highest BCUT2D eigenvalue weighted by Gasteiger charge is 2.40. The monoisotopic (exact) mass is 504 g/mol. The maximum Gasteiger partial charge on any atom is 0.336 e. The van der Waals surface area contributed by atoms with Gasteiger partial charge in [-0.2, -0.15) is 0 Å². The summed E-state index contributed by atoms with van der Waals surface area (Å²) in [6.45, 7) is 1.47. The van der Waals surface area contributed by atoms with Gasteiger partial charge >= 0.3 is 11.9 Å². The molecule has 0 saturated carbocycles. The highest BCUT2D eigenvalue weighted by molar-refractivity contribution is 6.31. The molecule has 3 N–H and O–H groups in total. The van der Waals surface area contributed by atoms with E-state index in [1.807, 2.05) is 18.2 Å². The van der Waals surface area contributed by atoms with Crippen molar-refractivity contribution in [1.82, 2.24) is 0 Å². The summed E-state index contributed by atoms with van der Waals surface area (Å²) in [4.78, 5) is 36.7. The molecule has 0 bridgehead atoms. The van der Waals surface area contributed by atoms with Crippen LogP contribution in [-0.4, -0.2) is 27.3 Å². The first kappa shape index (κ1) is 23.6. The van der Waals surface area contributed by atoms with Crippen molar-refractivity contribution in [3.8, 4) is 11.3 Å². The van der Waals surface area contributed by atoms with Crippen molar-refractivity contribution in [3.05, 3.63) is 104 Å². The predicted octanol–water partition coefficient (Wildman–Crippen LogP) is 5.51. The van der Waals surface area contributed by atoms with Gasteiger partial charge in [-0.25, -0.2) is 4.79 Å². The van der Waals surface area contributed by atoms with Gasteiger partial charge in [-0.15, -0.1) is 0 Å². The summed E-state index contributed by atoms with van der Waals surface area (Å²) in [7, 11) is 0. The van der Waals surface area contributed by atoms with E-state index in [0.717, 1.165) is 0 Å². The first-order valence-electron chi connectivity index (χ1n) is 11.2. The first-order chi connectivity index (χ1) is 17.0. The van der Waals surface area contributed by atoms with Gasteiger partial charge in [0, 0.05) is 22.8 Å². The van der Waals surface area contributed by atoms with Crippen LogP contribution in [0.2, 0.25) is 5.02 Å². The Balaban J connectivity index is 1.90. The van der Waals surface area contributed by atoms with E-state index < -0.39 is 28.2 Å². The SMILES string of the molecule is CC1(C(=O)O)C=CC(C(=O)O)=C(c2c3cc(Cl)c(=O)cc-3oc3c2C=CCC32C=CC(O)=CC2)C=C1. The zero-order valence-electron chi connectivity index (χ0n) is 19.1. The molecule has 0 fully saturated rings. The lowest BCUT2D eigenvalue weighted by atomic mass is 9.70. The zero-order chi connectivity index (χ0) is 25.8. The smallest absolute Gasteiger partial charge is 0.336 e. The number of carbonyl (C=O) groups is 2. The van der Waals surface area contributed by atoms with E-state index in [4.69, 9.17) is 16.0 Å². The van der Waals surface area contributed by atoms with Crippen molar-refractivity contribution in [2.45, 2.75) is 25.2 Å². The topological polar surface area (TPSA) is 125 Å². The highest BCUT2D eigenvalue weighted by atomic mass is 35.5. The fourth-order valence-corrected chi connectivity index (χ4v) is 4.98. The number of aliphatic hydroxyl groups excluding tert-OH is 1. The van der Waals surface area contributed by atoms with Crippen molar-refractivity contribution >= 4 is 35.2 Å². The average molecular weight is 505 g/mol. The summed E-state index contributed by atoms with van der Waals surface area (Å²) in [5.41, 5.74) is -0.915. The number of aliphatic hydroxyl groups is 1. The van der Waals surface area contributed by atoms with Crippen LogP contribution in [0.25, 0.3) is 23.0 Å². The molecule has 5 rings (SSSR count). The van der Waals surface area contributed by atoms with E-state index in [0.29, 0.717) is 35.3 Å². The molecule has 7 nitrogen and oxygen atoms in total. The van der Waals surface area contributed by atoms with Gasteiger partial charge < -0.3 is 19.7 Å². The number of hydrogen-bond donors (Lipinski definition) is 3. The molecule has 0 amide bonds. The van der Waals surface area contributed by atoms with Gasteiger partial charge in [0.1, 0.15) is 22.7 Å². The Morgan fingerprint density at radius 2 is 1.78 bits per heavy atom. The van der Waals surface area contributed by atoms with Crippen molar-refractivity contribution in [2.24, 2.45) is 5.41 Å². The maximum absolute atomic E-state index is 12.4. The van der Waals surface area contributed by atoms with Crippen molar-refractivity contribution < 1.29 is 29.3 Å². The molecule has 1 spiro atoms. The number of halogens is 1. The lowest BCUT2D eigenvalue weighted by Crippen LogP contribution is -2.28. The number of aliphatic carboxylic acids is 2. The Morgan fingerprint density at radius 3 is 2.44 bits per heavy atom. The minimum Gasteiger partial charge on any atom is -0.508 e. The number of rotatable bonds is 3. The van der Waals surface area contributed by atoms with Crippen LogP contribution in [0.15, 0.2) is 81.3 Å². The van der Waals surface area contributed by atoms with E-state index in [-0.39, 0.29) is 27.7 Å². The van der Waals surface area contributed by atoms with Crippen LogP contribution in [0.3, 0.4) is 0 Å². The van der Waals surface area contributed by atoms with E-state index in [1.165, 1.54) is 43.4 Å². The fraction of sp³-hybridized carbons (Fsp3) is 0.179. The van der Waals surface area contributed by atoms with Crippen molar-refractivity contribution in [3.63, 3.8) is 0 Å². The first-order valence-corrected chi connectivity index (χ1v) is 11.6. The molecule has 0 aromatic heterocycles. The molecule has 1 heterocycles. The molecule has 2 unspecified atom stereocenters. The van der Waals surface area contributed by atoms with Crippen LogP contribution in [0.1, 0.15) is 36.7 Å². The van der Waals surface area contributed by atoms with Crippen LogP contribution in [0.5, 0.6) is 0 Å². The van der Waals surface area contributed by atoms with Crippen LogP contribution in [0.4, 0.5) is 0 Å². The second-order valence-corrected chi connectivity index (χ2v) is 9.72. The molecule has 8 heteroatoms. The van der Waals surface area contributed by atoms with Gasteiger partial charge in [-0.1, -0.05) is 48.1 Å². The van der Waals surface area contributed by atoms with E-state index in [2.05, 4.69) is 0 Å². The highest BCUT2D eigenvalue weighted by Crippen LogP contribution is 2.49. The molecule has 0 aromatic carbocycles. The number of allylic oxidation sites excluding steroid dienone is 6. The van der Waals surface area contributed by atoms with Gasteiger partial charge in [-0.3, -0.25) is 9.59 Å². The average Bonchev–Trinajstić information content (AvgIpc) is 3.01. The fourth-order valence-electron chi connectivity index (χ4n) is 4.82. The maximum atomic E-state index is 12.4. The van der Waals surface area contributed by atoms with Gasteiger partial charge in [0.25, 0.3) is 0 Å². The van der Waals surface area contributed by atoms with Crippen LogP contribution in [-0.2, 0) is 15.0 Å². The number of fused-ring (bicyclic) bond motifs is 3. The second-order valence-electron chi connectivity index (χ2n) is 9.31. The standard InChI is InChI=1S/C28H21ClO7/c1-27(26(34)35)9-6-16(17(7-10-27)25(32)33)23-18-3-2-8-28(11-4-15(30)5-12-28)24(18)36-22-14-21(31)20(29)13-19(22)23/h2-7,9-11,13-14,30H,8,12H2,1H3,(H,32,33)(H,34,35). The van der Waals surface area contributed by atoms with Gasteiger partial charge in [0.2, 0.25) is 5.43 Å². The third kappa shape index (κ3) is 3.63. The molecule has 5 aliphatic rings. The van der Waals surface area contributed by atoms with Gasteiger partial charge in [0.15, 0.2) is 0 Å². The minimum atomic E-state index is -1.43. The molecule has 2 atom stereocenters. The largest absolute Gasteiger partial charge is 0.508 e. The minimum absolute atomic E-state index is 0.0557. The second kappa shape index (κ2) is 8.24. The molecular weight excluding hydrogens is 484 g/mol. The molecule has 36 heavy (non-hydrogen) atoms. The molecule has 1 aliphatic heterocycles. The zero-order valence-corrected chi connectivity index (χ0v) is 19.9. The molecule has 0 radical (unpaired) electrons. The summed E-state index contributed by atoms with van der Waals surface area (Å²) in [5.74, 6) is -1.51. The quantitative estimate of drug-likeness (QED) is 0.503. The van der Waals surface area contributed by atoms with Crippen LogP contribution >= 0.6 is 11.6 Å². The lowest BCUT2D eigenvalue weighted by molar-refractivity contribution is -0.143. The Bertz CT molecular complexity index is 1550. The molecule has 0 saturated heterocycles. The summed E-state index contributed by atoms with van der Waals surface area (Å²) < 4.78 is 6.31. The molecular formula is C28H21ClO7. The van der Waals surface area contributed by atoms with Crippen LogP contribution < -0.4 is 5.43 Å². The van der Waals surface area contributed by atoms with Gasteiger partial charge in [0.05, 0.1) is 16.0 Å². The number of benzene rings is 1. The Kier molecular flexibility index (Phi) is 5.41. The third-order valence-electron chi connectivity index (χ3n) is 6.94. The summed E-state index contributed by atoms with van der Waals surface area (Å²) >= 11 is 6.20. The molecule has 182 valence electrons. The van der Waals surface area contributed by atoms with Crippen molar-refractivity contribution in [1.29, 1.82) is 0 Å². The van der Waals surface area contributed by atoms with E-state index >= 15 is 0 Å². The number of carboxylic acid groups (broad SMARTS) is 2. The lowest BCUT2D eigenvalue weighted by Gasteiger charge is -2.35. The summed E-state index contributed by atoms with van der Waals surface area (Å²) in [5, 5.41) is 29.7. The number of hydrogen-bond acceptors (Lipinski definition) is 5.